The maximum absolute atomic E-state index is 12.6. The third-order valence-electron chi connectivity index (χ3n) is 7.52. The topological polar surface area (TPSA) is 119 Å². The van der Waals surface area contributed by atoms with Crippen LogP contribution < -0.4 is 16.0 Å². The maximum atomic E-state index is 12.6. The number of nitrogens with zero attached hydrogens (tertiary/aromatic N) is 3. The van der Waals surface area contributed by atoms with E-state index in [1.807, 2.05) is 54.6 Å². The van der Waals surface area contributed by atoms with Gasteiger partial charge in [0.05, 0.1) is 0 Å². The van der Waals surface area contributed by atoms with Crippen molar-refractivity contribution in [2.45, 2.75) is 12.8 Å². The van der Waals surface area contributed by atoms with E-state index in [4.69, 9.17) is 0 Å². The minimum absolute atomic E-state index is 0.125. The first-order valence-electron chi connectivity index (χ1n) is 14.8. The van der Waals surface area contributed by atoms with Crippen molar-refractivity contribution in [3.05, 3.63) is 114 Å². The third kappa shape index (κ3) is 8.74. The first-order valence-corrected chi connectivity index (χ1v) is 14.8. The zero-order valence-corrected chi connectivity index (χ0v) is 24.5. The lowest BCUT2D eigenvalue weighted by Crippen LogP contribution is -2.34. The molecule has 5 rings (SSSR count). The van der Waals surface area contributed by atoms with E-state index in [1.54, 1.807) is 36.9 Å². The van der Waals surface area contributed by atoms with Gasteiger partial charge in [-0.25, -0.2) is 4.79 Å². The highest BCUT2D eigenvalue weighted by Gasteiger charge is 2.21. The van der Waals surface area contributed by atoms with Gasteiger partial charge in [-0.1, -0.05) is 24.0 Å². The average molecular weight is 589 g/mol. The zero-order valence-electron chi connectivity index (χ0n) is 24.5. The quantitative estimate of drug-likeness (QED) is 0.208. The predicted molar refractivity (Wildman–Crippen MR) is 171 cm³/mol. The first kappa shape index (κ1) is 30.4. The molecule has 4 aromatic rings. The molecule has 44 heavy (non-hydrogen) atoms. The lowest BCUT2D eigenvalue weighted by molar-refractivity contribution is 0.0949. The van der Waals surface area contributed by atoms with Crippen LogP contribution in [-0.2, 0) is 6.42 Å². The number of benzene rings is 2. The molecule has 3 heterocycles. The molecule has 9 nitrogen and oxygen atoms in total. The van der Waals surface area contributed by atoms with E-state index in [-0.39, 0.29) is 18.5 Å². The Morgan fingerprint density at radius 2 is 1.77 bits per heavy atom. The van der Waals surface area contributed by atoms with E-state index in [0.717, 1.165) is 53.9 Å². The Morgan fingerprint density at radius 3 is 2.52 bits per heavy atom. The Kier molecular flexibility index (Phi) is 10.7. The number of hydrogen-bond acceptors (Lipinski definition) is 6. The number of carbonyl (C=O) groups excluding carboxylic acids is 2. The van der Waals surface area contributed by atoms with Gasteiger partial charge in [0.1, 0.15) is 0 Å². The predicted octanol–water partition coefficient (Wildman–Crippen LogP) is 3.95. The van der Waals surface area contributed by atoms with E-state index in [2.05, 4.69) is 42.7 Å². The summed E-state index contributed by atoms with van der Waals surface area (Å²) in [6.07, 6.45) is 8.66. The molecule has 3 amide bonds. The molecule has 1 atom stereocenters. The van der Waals surface area contributed by atoms with Crippen LogP contribution in [0, 0.1) is 17.8 Å². The number of likely N-dealkylation sites (tertiary alicyclic amines) is 1. The molecular formula is C35H36N6O3. The summed E-state index contributed by atoms with van der Waals surface area (Å²) in [5.74, 6) is 6.67. The first-order chi connectivity index (χ1) is 21.6. The fourth-order valence-corrected chi connectivity index (χ4v) is 5.09. The monoisotopic (exact) mass is 588 g/mol. The molecule has 0 bridgehead atoms. The maximum Gasteiger partial charge on any atom is 0.319 e. The van der Waals surface area contributed by atoms with Crippen LogP contribution in [0.1, 0.15) is 33.5 Å². The minimum Gasteiger partial charge on any atom is -0.396 e. The molecule has 1 unspecified atom stereocenters. The second-order valence-electron chi connectivity index (χ2n) is 10.7. The van der Waals surface area contributed by atoms with Crippen molar-refractivity contribution >= 4 is 17.6 Å². The van der Waals surface area contributed by atoms with Crippen molar-refractivity contribution in [2.75, 3.05) is 44.6 Å². The van der Waals surface area contributed by atoms with Crippen LogP contribution in [0.3, 0.4) is 0 Å². The number of aliphatic hydroxyl groups excluding tert-OH is 1. The number of anilines is 1. The molecule has 0 saturated carbocycles. The normalized spacial score (nSPS) is 14.3. The van der Waals surface area contributed by atoms with Crippen LogP contribution in [0.4, 0.5) is 10.5 Å². The third-order valence-corrected chi connectivity index (χ3v) is 7.52. The van der Waals surface area contributed by atoms with Crippen LogP contribution in [-0.4, -0.2) is 71.2 Å². The molecule has 1 aliphatic rings. The second-order valence-corrected chi connectivity index (χ2v) is 10.7. The van der Waals surface area contributed by atoms with Crippen LogP contribution in [0.25, 0.3) is 11.1 Å². The van der Waals surface area contributed by atoms with Gasteiger partial charge in [0.15, 0.2) is 0 Å². The van der Waals surface area contributed by atoms with Gasteiger partial charge in [0.25, 0.3) is 5.91 Å². The highest BCUT2D eigenvalue weighted by Crippen LogP contribution is 2.26. The highest BCUT2D eigenvalue weighted by molar-refractivity contribution is 5.94. The van der Waals surface area contributed by atoms with E-state index >= 15 is 0 Å². The molecule has 224 valence electrons. The molecule has 1 fully saturated rings. The van der Waals surface area contributed by atoms with Gasteiger partial charge < -0.3 is 26.0 Å². The van der Waals surface area contributed by atoms with Gasteiger partial charge >= 0.3 is 6.03 Å². The second kappa shape index (κ2) is 15.4. The minimum atomic E-state index is -0.298. The van der Waals surface area contributed by atoms with Crippen molar-refractivity contribution in [1.82, 2.24) is 25.5 Å². The lowest BCUT2D eigenvalue weighted by atomic mass is 9.99. The Morgan fingerprint density at radius 1 is 0.932 bits per heavy atom. The number of carbonyl (C=O) groups is 2. The smallest absolute Gasteiger partial charge is 0.319 e. The largest absolute Gasteiger partial charge is 0.396 e. The van der Waals surface area contributed by atoms with Crippen LogP contribution in [0.2, 0.25) is 0 Å². The number of pyridine rings is 2. The Labute approximate surface area is 257 Å². The van der Waals surface area contributed by atoms with Gasteiger partial charge in [0, 0.05) is 80.0 Å². The van der Waals surface area contributed by atoms with Crippen LogP contribution in [0.15, 0.2) is 91.5 Å². The molecule has 0 aliphatic carbocycles. The summed E-state index contributed by atoms with van der Waals surface area (Å²) in [6.45, 7) is 3.86. The average Bonchev–Trinajstić information content (AvgIpc) is 3.53. The number of urea groups is 1. The van der Waals surface area contributed by atoms with E-state index in [0.29, 0.717) is 36.7 Å². The Bertz CT molecular complexity index is 1600. The Hall–Kier alpha value is -5.04. The number of aromatic nitrogens is 2. The van der Waals surface area contributed by atoms with Gasteiger partial charge in [-0.05, 0) is 96.6 Å². The standard InChI is InChI=1S/C35H36N6O3/c42-25-28-14-20-41(24-28)21-19-38-34(43)30-6-3-26(4-7-30)5-8-31-22-32(9-10-33(31)29-12-16-36-17-13-29)40-35(44)39-18-11-27-2-1-15-37-23-27/h1-4,6-7,9-10,12-13,15-17,22-23,28,42H,11,14,18-21,24-25H2,(H,38,43)(H2,39,40,44). The number of rotatable bonds is 10. The van der Waals surface area contributed by atoms with Gasteiger partial charge in [0.2, 0.25) is 0 Å². The zero-order chi connectivity index (χ0) is 30.6. The van der Waals surface area contributed by atoms with Crippen molar-refractivity contribution in [2.24, 2.45) is 5.92 Å². The van der Waals surface area contributed by atoms with Crippen molar-refractivity contribution in [3.8, 4) is 23.0 Å². The van der Waals surface area contributed by atoms with Crippen molar-refractivity contribution < 1.29 is 14.7 Å². The molecule has 2 aromatic carbocycles. The van der Waals surface area contributed by atoms with Gasteiger partial charge in [-0.3, -0.25) is 14.8 Å². The highest BCUT2D eigenvalue weighted by atomic mass is 16.3. The molecule has 9 heteroatoms. The summed E-state index contributed by atoms with van der Waals surface area (Å²) in [5.41, 5.74) is 5.64. The molecule has 1 saturated heterocycles. The fourth-order valence-electron chi connectivity index (χ4n) is 5.09. The van der Waals surface area contributed by atoms with Gasteiger partial charge in [-0.2, -0.15) is 0 Å². The molecule has 2 aromatic heterocycles. The SMILES string of the molecule is O=C(NCCc1cccnc1)Nc1ccc(-c2ccncc2)c(C#Cc2ccc(C(=O)NCCN3CCC(CO)C3)cc2)c1. The number of amides is 3. The van der Waals surface area contributed by atoms with Crippen molar-refractivity contribution in [1.29, 1.82) is 0 Å². The van der Waals surface area contributed by atoms with E-state index in [1.165, 1.54) is 0 Å². The molecule has 4 N–H and O–H groups in total. The summed E-state index contributed by atoms with van der Waals surface area (Å²) in [4.78, 5) is 35.7. The number of aliphatic hydroxyl groups is 1. The van der Waals surface area contributed by atoms with Crippen molar-refractivity contribution in [3.63, 3.8) is 0 Å². The summed E-state index contributed by atoms with van der Waals surface area (Å²) >= 11 is 0. The van der Waals surface area contributed by atoms with Crippen LogP contribution >= 0.6 is 0 Å². The summed E-state index contributed by atoms with van der Waals surface area (Å²) in [6, 6.07) is 20.2. The number of hydrogen-bond donors (Lipinski definition) is 4. The molecular weight excluding hydrogens is 552 g/mol. The fraction of sp³-hybridized carbons (Fsp3) is 0.257. The Balaban J connectivity index is 1.22. The number of nitrogens with one attached hydrogen (secondary N) is 3. The van der Waals surface area contributed by atoms with E-state index < -0.39 is 0 Å². The lowest BCUT2D eigenvalue weighted by Gasteiger charge is -2.15. The molecule has 0 radical (unpaired) electrons. The molecule has 0 spiro atoms. The summed E-state index contributed by atoms with van der Waals surface area (Å²) < 4.78 is 0. The molecule has 1 aliphatic heterocycles. The van der Waals surface area contributed by atoms with Crippen LogP contribution in [0.5, 0.6) is 0 Å². The van der Waals surface area contributed by atoms with Gasteiger partial charge in [-0.15, -0.1) is 0 Å². The van der Waals surface area contributed by atoms with E-state index in [9.17, 15) is 14.7 Å². The summed E-state index contributed by atoms with van der Waals surface area (Å²) in [7, 11) is 0. The summed E-state index contributed by atoms with van der Waals surface area (Å²) in [5, 5.41) is 18.1.